The largest absolute Gasteiger partial charge is 0.493 e. The molecule has 7 rings (SSSR count). The van der Waals surface area contributed by atoms with Crippen LogP contribution in [0.4, 0.5) is 10.8 Å². The first-order valence-electron chi connectivity index (χ1n) is 13.5. The standard InChI is InChI=1S/C32H26N4O4S2/c1-39-27-14-11-20(16-28(27)40-2)26-17-24(29-8-5-15-41-29)34-36(26)32-33-25(18-42-32)19-9-12-21(13-10-19)35-30(37)22-6-3-4-7-23(22)31(35)38/h3-4,6-14,16,18,26H,5,15,17H2,1-2H3. The van der Waals surface area contributed by atoms with Gasteiger partial charge in [-0.2, -0.15) is 5.10 Å². The van der Waals surface area contributed by atoms with Crippen molar-refractivity contribution in [1.29, 1.82) is 0 Å². The highest BCUT2D eigenvalue weighted by atomic mass is 32.2. The number of anilines is 2. The molecule has 4 aromatic rings. The van der Waals surface area contributed by atoms with Gasteiger partial charge in [-0.05, 0) is 48.4 Å². The lowest BCUT2D eigenvalue weighted by Gasteiger charge is -2.22. The second-order valence-electron chi connectivity index (χ2n) is 9.98. The number of hydrazone groups is 1. The van der Waals surface area contributed by atoms with Gasteiger partial charge >= 0.3 is 0 Å². The number of hydrogen-bond donors (Lipinski definition) is 0. The van der Waals surface area contributed by atoms with Crippen molar-refractivity contribution < 1.29 is 19.1 Å². The summed E-state index contributed by atoms with van der Waals surface area (Å²) in [6, 6.07) is 20.2. The number of thioether (sulfide) groups is 1. The number of imide groups is 1. The van der Waals surface area contributed by atoms with Crippen LogP contribution in [0.3, 0.4) is 0 Å². The van der Waals surface area contributed by atoms with Crippen molar-refractivity contribution in [2.45, 2.75) is 18.9 Å². The summed E-state index contributed by atoms with van der Waals surface area (Å²) in [4.78, 5) is 33.3. The van der Waals surface area contributed by atoms with E-state index in [9.17, 15) is 9.59 Å². The summed E-state index contributed by atoms with van der Waals surface area (Å²) in [6.45, 7) is 0. The van der Waals surface area contributed by atoms with Gasteiger partial charge in [0.2, 0.25) is 5.13 Å². The summed E-state index contributed by atoms with van der Waals surface area (Å²) < 4.78 is 11.0. The number of thiazole rings is 1. The molecule has 42 heavy (non-hydrogen) atoms. The Hall–Kier alpha value is -4.41. The van der Waals surface area contributed by atoms with Gasteiger partial charge in [-0.25, -0.2) is 14.9 Å². The van der Waals surface area contributed by atoms with Gasteiger partial charge < -0.3 is 9.47 Å². The highest BCUT2D eigenvalue weighted by Gasteiger charge is 2.36. The molecule has 0 N–H and O–H groups in total. The fourth-order valence-electron chi connectivity index (χ4n) is 5.48. The van der Waals surface area contributed by atoms with Gasteiger partial charge in [-0.1, -0.05) is 36.4 Å². The van der Waals surface area contributed by atoms with Crippen LogP contribution in [0.1, 0.15) is 45.2 Å². The predicted octanol–water partition coefficient (Wildman–Crippen LogP) is 6.96. The Balaban J connectivity index is 1.18. The first kappa shape index (κ1) is 26.5. The summed E-state index contributed by atoms with van der Waals surface area (Å²) in [5.41, 5.74) is 5.21. The van der Waals surface area contributed by atoms with Crippen molar-refractivity contribution in [3.63, 3.8) is 0 Å². The number of carbonyl (C=O) groups is 2. The van der Waals surface area contributed by atoms with Crippen LogP contribution < -0.4 is 19.4 Å². The molecule has 1 aromatic heterocycles. The van der Waals surface area contributed by atoms with Crippen molar-refractivity contribution in [2.24, 2.45) is 5.10 Å². The fraction of sp³-hybridized carbons (Fsp3) is 0.188. The van der Waals surface area contributed by atoms with Crippen LogP contribution in [0.15, 0.2) is 88.2 Å². The normalized spacial score (nSPS) is 17.9. The first-order chi connectivity index (χ1) is 20.6. The van der Waals surface area contributed by atoms with Gasteiger partial charge in [-0.3, -0.25) is 9.59 Å². The molecule has 2 amide bonds. The fourth-order valence-corrected chi connectivity index (χ4v) is 7.30. The molecule has 0 spiro atoms. The molecule has 10 heteroatoms. The number of hydrogen-bond acceptors (Lipinski definition) is 9. The minimum atomic E-state index is -0.307. The second kappa shape index (κ2) is 10.8. The average molecular weight is 595 g/mol. The number of aromatic nitrogens is 1. The lowest BCUT2D eigenvalue weighted by molar-refractivity contribution is 0.0926. The van der Waals surface area contributed by atoms with Crippen LogP contribution in [0.2, 0.25) is 0 Å². The third-order valence-electron chi connectivity index (χ3n) is 7.60. The molecule has 0 saturated carbocycles. The number of methoxy groups -OCH3 is 2. The van der Waals surface area contributed by atoms with E-state index in [0.717, 1.165) is 46.3 Å². The van der Waals surface area contributed by atoms with Crippen LogP contribution in [0, 0.1) is 0 Å². The maximum Gasteiger partial charge on any atom is 0.266 e. The van der Waals surface area contributed by atoms with Crippen LogP contribution >= 0.6 is 23.1 Å². The van der Waals surface area contributed by atoms with E-state index in [1.807, 2.05) is 46.4 Å². The molecule has 3 aromatic carbocycles. The Kier molecular flexibility index (Phi) is 6.79. The van der Waals surface area contributed by atoms with E-state index in [4.69, 9.17) is 19.6 Å². The number of carbonyl (C=O) groups excluding carboxylic acids is 2. The number of ether oxygens (including phenoxy) is 2. The van der Waals surface area contributed by atoms with Crippen molar-refractivity contribution in [3.05, 3.63) is 99.8 Å². The molecule has 3 aliphatic rings. The Morgan fingerprint density at radius 2 is 1.64 bits per heavy atom. The predicted molar refractivity (Wildman–Crippen MR) is 167 cm³/mol. The quantitative estimate of drug-likeness (QED) is 0.214. The zero-order chi connectivity index (χ0) is 28.8. The van der Waals surface area contributed by atoms with E-state index in [1.54, 1.807) is 50.6 Å². The maximum atomic E-state index is 12.9. The maximum absolute atomic E-state index is 12.9. The summed E-state index contributed by atoms with van der Waals surface area (Å²) in [6.07, 6.45) is 4.08. The number of fused-ring (bicyclic) bond motifs is 1. The van der Waals surface area contributed by atoms with Gasteiger partial charge in [0.25, 0.3) is 11.8 Å². The Morgan fingerprint density at radius 3 is 2.31 bits per heavy atom. The average Bonchev–Trinajstić information content (AvgIpc) is 3.84. The monoisotopic (exact) mass is 594 g/mol. The number of allylic oxidation sites excluding steroid dienone is 2. The molecule has 0 saturated heterocycles. The smallest absolute Gasteiger partial charge is 0.266 e. The summed E-state index contributed by atoms with van der Waals surface area (Å²) in [5, 5.41) is 9.87. The van der Waals surface area contributed by atoms with Gasteiger partial charge in [0, 0.05) is 28.0 Å². The summed E-state index contributed by atoms with van der Waals surface area (Å²) in [7, 11) is 3.27. The van der Waals surface area contributed by atoms with Crippen molar-refractivity contribution >= 4 is 51.4 Å². The van der Waals surface area contributed by atoms with Gasteiger partial charge in [0.15, 0.2) is 11.5 Å². The third-order valence-corrected chi connectivity index (χ3v) is 9.58. The highest BCUT2D eigenvalue weighted by Crippen LogP contribution is 2.43. The molecule has 0 aliphatic carbocycles. The molecule has 1 unspecified atom stereocenters. The van der Waals surface area contributed by atoms with Gasteiger partial charge in [0.05, 0.1) is 48.5 Å². The minimum Gasteiger partial charge on any atom is -0.493 e. The van der Waals surface area contributed by atoms with Crippen molar-refractivity contribution in [3.8, 4) is 22.8 Å². The molecule has 4 heterocycles. The zero-order valence-corrected chi connectivity index (χ0v) is 24.6. The van der Waals surface area contributed by atoms with Crippen LogP contribution in [-0.2, 0) is 0 Å². The summed E-state index contributed by atoms with van der Waals surface area (Å²) >= 11 is 3.38. The molecule has 0 radical (unpaired) electrons. The first-order valence-corrected chi connectivity index (χ1v) is 15.4. The van der Waals surface area contributed by atoms with E-state index < -0.39 is 0 Å². The molecule has 1 atom stereocenters. The summed E-state index contributed by atoms with van der Waals surface area (Å²) in [5.74, 6) is 1.82. The number of amides is 2. The Labute approximate surface area is 251 Å². The zero-order valence-electron chi connectivity index (χ0n) is 22.9. The SMILES string of the molecule is COc1ccc(C2CC(C3=CCCS3)=NN2c2nc(-c3ccc(N4C(=O)c5ccccc5C4=O)cc3)cs2)cc1OC. The molecule has 8 nitrogen and oxygen atoms in total. The van der Waals surface area contributed by atoms with Crippen LogP contribution in [0.5, 0.6) is 11.5 Å². The van der Waals surface area contributed by atoms with E-state index in [-0.39, 0.29) is 17.9 Å². The molecule has 0 bridgehead atoms. The molecule has 210 valence electrons. The molecule has 3 aliphatic heterocycles. The lowest BCUT2D eigenvalue weighted by atomic mass is 10.0. The Bertz CT molecular complexity index is 1740. The highest BCUT2D eigenvalue weighted by molar-refractivity contribution is 8.04. The van der Waals surface area contributed by atoms with Crippen LogP contribution in [-0.4, -0.2) is 42.5 Å². The second-order valence-corrected chi connectivity index (χ2v) is 12.0. The van der Waals surface area contributed by atoms with E-state index in [2.05, 4.69) is 12.1 Å². The minimum absolute atomic E-state index is 0.0443. The van der Waals surface area contributed by atoms with E-state index in [0.29, 0.717) is 28.3 Å². The molecular formula is C32H26N4O4S2. The molecule has 0 fully saturated rings. The topological polar surface area (TPSA) is 84.3 Å². The molecular weight excluding hydrogens is 569 g/mol. The van der Waals surface area contributed by atoms with Crippen LogP contribution in [0.25, 0.3) is 11.3 Å². The van der Waals surface area contributed by atoms with Crippen molar-refractivity contribution in [2.75, 3.05) is 29.9 Å². The van der Waals surface area contributed by atoms with Gasteiger partial charge in [-0.15, -0.1) is 23.1 Å². The van der Waals surface area contributed by atoms with Gasteiger partial charge in [0.1, 0.15) is 0 Å². The lowest BCUT2D eigenvalue weighted by Crippen LogP contribution is -2.29. The number of benzene rings is 3. The van der Waals surface area contributed by atoms with E-state index >= 15 is 0 Å². The van der Waals surface area contributed by atoms with E-state index in [1.165, 1.54) is 21.1 Å². The Morgan fingerprint density at radius 1 is 0.905 bits per heavy atom. The number of rotatable bonds is 7. The third kappa shape index (κ3) is 4.47. The number of nitrogens with zero attached hydrogens (tertiary/aromatic N) is 4. The van der Waals surface area contributed by atoms with Crippen molar-refractivity contribution in [1.82, 2.24) is 4.98 Å².